The Morgan fingerprint density at radius 3 is 2.48 bits per heavy atom. The maximum atomic E-state index is 14.6. The van der Waals surface area contributed by atoms with E-state index in [2.05, 4.69) is 93.0 Å². The molecule has 6 fully saturated rings. The van der Waals surface area contributed by atoms with Gasteiger partial charge in [0.25, 0.3) is 0 Å². The Kier molecular flexibility index (Phi) is 20.9. The fourth-order valence-electron chi connectivity index (χ4n) is 18.9. The number of hydrogen-bond donors (Lipinski definition) is 10. The summed E-state index contributed by atoms with van der Waals surface area (Å²) in [6, 6.07) is 23.4. The van der Waals surface area contributed by atoms with Crippen molar-refractivity contribution in [2.45, 2.75) is 172 Å². The summed E-state index contributed by atoms with van der Waals surface area (Å²) < 4.78 is 5.62. The predicted octanol–water partition coefficient (Wildman–Crippen LogP) is 9.29. The van der Waals surface area contributed by atoms with E-state index in [4.69, 9.17) is 21.9 Å². The summed E-state index contributed by atoms with van der Waals surface area (Å²) in [5, 5.41) is 49.5. The number of dihydropyridines is 1. The molecule has 1 spiro atoms. The molecular weight excluding hydrogens is 1080 g/mol. The highest BCUT2D eigenvalue weighted by Crippen LogP contribution is 2.70. The number of rotatable bonds is 25. The van der Waals surface area contributed by atoms with Crippen molar-refractivity contribution in [2.24, 2.45) is 80.4 Å². The van der Waals surface area contributed by atoms with Crippen LogP contribution in [0.25, 0.3) is 5.57 Å². The minimum absolute atomic E-state index is 0.0182. The first-order valence-corrected chi connectivity index (χ1v) is 33.7. The molecule has 14 nitrogen and oxygen atoms in total. The lowest BCUT2D eigenvalue weighted by Gasteiger charge is -2.55. The number of fused-ring (bicyclic) bond motifs is 4. The van der Waals surface area contributed by atoms with Gasteiger partial charge in [-0.1, -0.05) is 86.0 Å². The molecule has 0 amide bonds. The summed E-state index contributed by atoms with van der Waals surface area (Å²) >= 11 is 0. The number of Topliss-reactive ketones (excluding diaryl/α,β-unsaturated/α-hetero) is 1. The van der Waals surface area contributed by atoms with Crippen molar-refractivity contribution in [3.05, 3.63) is 136 Å². The van der Waals surface area contributed by atoms with Crippen LogP contribution in [0, 0.1) is 58.2 Å². The van der Waals surface area contributed by atoms with Crippen LogP contribution < -0.4 is 43.2 Å². The number of ketones is 2. The maximum absolute atomic E-state index is 14.6. The second kappa shape index (κ2) is 28.9. The molecule has 3 aliphatic heterocycles. The second-order valence-electron chi connectivity index (χ2n) is 28.1. The number of allylic oxidation sites excluding steroid dienone is 3. The van der Waals surface area contributed by atoms with Crippen LogP contribution >= 0.6 is 0 Å². The molecule has 87 heavy (non-hydrogen) atoms. The average Bonchev–Trinajstić information content (AvgIpc) is 1.61. The number of nitrogens with zero attached hydrogens (tertiary/aromatic N) is 1. The lowest BCUT2D eigenvalue weighted by Crippen LogP contribution is -2.57. The van der Waals surface area contributed by atoms with Crippen LogP contribution in [0.1, 0.15) is 150 Å². The van der Waals surface area contributed by atoms with Crippen LogP contribution in [-0.2, 0) is 35.3 Å². The smallest absolute Gasteiger partial charge is 0.185 e. The molecule has 13 N–H and O–H groups in total. The van der Waals surface area contributed by atoms with E-state index in [0.717, 1.165) is 127 Å². The molecule has 3 heterocycles. The van der Waals surface area contributed by atoms with Crippen LogP contribution in [0.15, 0.2) is 113 Å². The third-order valence-corrected chi connectivity index (χ3v) is 22.8. The summed E-state index contributed by atoms with van der Waals surface area (Å²) in [7, 11) is 1.49. The second-order valence-corrected chi connectivity index (χ2v) is 28.1. The van der Waals surface area contributed by atoms with Gasteiger partial charge in [-0.25, -0.2) is 0 Å². The number of aliphatic hydroxyl groups is 2. The largest absolute Gasteiger partial charge is 0.504 e. The van der Waals surface area contributed by atoms with Gasteiger partial charge in [0.1, 0.15) is 5.78 Å². The zero-order valence-corrected chi connectivity index (χ0v) is 51.9. The van der Waals surface area contributed by atoms with Crippen molar-refractivity contribution in [3.8, 4) is 11.5 Å². The number of carbonyl (C=O) groups is 2. The Balaban J connectivity index is 0.817. The number of carbonyl (C=O) groups excluding carboxylic acids is 2. The topological polar surface area (TPSA) is 243 Å². The summed E-state index contributed by atoms with van der Waals surface area (Å²) in [4.78, 5) is 33.5. The van der Waals surface area contributed by atoms with Crippen molar-refractivity contribution in [1.29, 1.82) is 0 Å². The van der Waals surface area contributed by atoms with Crippen molar-refractivity contribution in [3.63, 3.8) is 0 Å². The molecule has 13 atom stereocenters. The molecule has 13 unspecified atom stereocenters. The summed E-state index contributed by atoms with van der Waals surface area (Å²) in [5.74, 6) is 3.67. The first kappa shape index (κ1) is 63.0. The third-order valence-electron chi connectivity index (χ3n) is 22.8. The number of nitrogens with one attached hydrogen (secondary N) is 4. The van der Waals surface area contributed by atoms with Gasteiger partial charge in [0.15, 0.2) is 23.2 Å². The molecule has 11 rings (SSSR count). The average molecular weight is 1190 g/mol. The molecule has 8 aliphatic rings. The normalized spacial score (nSPS) is 31.0. The SMILES string of the molecule is COc1cc(C(=CC(=O)CC(=O)CC2CCC3C(CC4C5CCNCC5CC5C=CCNC54)(C2)CC(NCC(O)C2CCCCC2)C32CCC(CCN=C(N)N)C2)CO)c(CC2=CNC(N)C=C2CCc2cccc(CCc3ccccc3)c2)cc1O. The standard InChI is InChI=1S/C73H102N8O6/c1-87-66-38-62(55(35-64(66)85)33-56-44-81-69(74)36-53(56)21-19-49-13-8-12-48(30-49)18-17-47-10-4-2-5-11-47)58(46-82)34-60(84)37-59(83)31-51-20-22-67-72(39-51,41-63-61-25-28-77-43-57(61)32-54-16-9-27-78-70(54)63)42-68(80-45-65(86)52-14-6-3-7-15-52)73(67)26-23-50(40-73)24-29-79-71(75)76/h2,4-5,8-13,16,30,34-36,38,44,50-52,54,57,61,63,65,67-70,77-78,80-82,85-86H,3,6-7,14-15,17-29,31-33,37,39-43,45-46,74H2,1H3,(H4,75,76,79). The van der Waals surface area contributed by atoms with Gasteiger partial charge in [-0.05, 0) is 256 Å². The predicted molar refractivity (Wildman–Crippen MR) is 347 cm³/mol. The number of phenols is 1. The van der Waals surface area contributed by atoms with E-state index in [1.165, 1.54) is 62.0 Å². The van der Waals surface area contributed by atoms with E-state index in [9.17, 15) is 24.9 Å². The minimum atomic E-state index is -0.450. The Morgan fingerprint density at radius 2 is 1.69 bits per heavy atom. The number of nitrogens with two attached hydrogens (primary N) is 3. The number of ether oxygens (including phenoxy) is 1. The van der Waals surface area contributed by atoms with Gasteiger partial charge in [0, 0.05) is 44.3 Å². The van der Waals surface area contributed by atoms with Crippen LogP contribution in [0.4, 0.5) is 0 Å². The summed E-state index contributed by atoms with van der Waals surface area (Å²) in [5.41, 5.74) is 25.8. The monoisotopic (exact) mass is 1190 g/mol. The highest BCUT2D eigenvalue weighted by Gasteiger charge is 2.65. The van der Waals surface area contributed by atoms with E-state index in [0.29, 0.717) is 90.1 Å². The van der Waals surface area contributed by atoms with Crippen LogP contribution in [0.5, 0.6) is 11.5 Å². The Labute approximate surface area is 518 Å². The third kappa shape index (κ3) is 15.0. The number of benzene rings is 3. The molecule has 14 heteroatoms. The first-order valence-electron chi connectivity index (χ1n) is 33.7. The van der Waals surface area contributed by atoms with E-state index in [-0.39, 0.29) is 70.5 Å². The lowest BCUT2D eigenvalue weighted by atomic mass is 9.52. The zero-order valence-electron chi connectivity index (χ0n) is 51.9. The van der Waals surface area contributed by atoms with Gasteiger partial charge < -0.3 is 58.5 Å². The molecule has 0 radical (unpaired) electrons. The number of aliphatic hydroxyl groups excluding tert-OH is 2. The fourth-order valence-corrected chi connectivity index (χ4v) is 18.9. The zero-order chi connectivity index (χ0) is 60.5. The van der Waals surface area contributed by atoms with Crippen molar-refractivity contribution >= 4 is 23.1 Å². The highest BCUT2D eigenvalue weighted by molar-refractivity contribution is 6.07. The molecule has 0 bridgehead atoms. The highest BCUT2D eigenvalue weighted by atomic mass is 16.5. The molecule has 1 saturated heterocycles. The Bertz CT molecular complexity index is 3000. The first-order chi connectivity index (χ1) is 42.3. The number of hydrogen-bond acceptors (Lipinski definition) is 12. The number of aromatic hydroxyl groups is 1. The van der Waals surface area contributed by atoms with Gasteiger partial charge in [-0.2, -0.15) is 0 Å². The van der Waals surface area contributed by atoms with Gasteiger partial charge in [-0.15, -0.1) is 0 Å². The molecular formula is C73H102N8O6. The number of guanidine groups is 1. The van der Waals surface area contributed by atoms with Gasteiger partial charge >= 0.3 is 0 Å². The molecule has 0 aromatic heterocycles. The van der Waals surface area contributed by atoms with Crippen LogP contribution in [-0.4, -0.2) is 104 Å². The lowest BCUT2D eigenvalue weighted by molar-refractivity contribution is -0.126. The molecule has 470 valence electrons. The van der Waals surface area contributed by atoms with E-state index in [1.54, 1.807) is 12.1 Å². The van der Waals surface area contributed by atoms with Crippen LogP contribution in [0.2, 0.25) is 0 Å². The number of piperidine rings is 1. The van der Waals surface area contributed by atoms with E-state index in [1.807, 2.05) is 12.3 Å². The maximum Gasteiger partial charge on any atom is 0.185 e. The Hall–Kier alpha value is -5.61. The molecule has 5 saturated carbocycles. The molecule has 3 aromatic carbocycles. The fraction of sp³-hybridized carbons (Fsp3) is 0.603. The number of phenolic OH excluding ortho intramolecular Hbond substituents is 1. The number of methoxy groups -OCH3 is 1. The van der Waals surface area contributed by atoms with Gasteiger partial charge in [0.05, 0.1) is 32.4 Å². The quantitative estimate of drug-likeness (QED) is 0.0125. The van der Waals surface area contributed by atoms with Crippen molar-refractivity contribution < 1.29 is 29.6 Å². The van der Waals surface area contributed by atoms with Gasteiger partial charge in [-0.3, -0.25) is 14.6 Å². The van der Waals surface area contributed by atoms with Crippen LogP contribution in [0.3, 0.4) is 0 Å². The minimum Gasteiger partial charge on any atom is -0.504 e. The molecule has 5 aliphatic carbocycles. The summed E-state index contributed by atoms with van der Waals surface area (Å²) in [6.07, 6.45) is 31.3. The molecule has 3 aromatic rings. The van der Waals surface area contributed by atoms with Gasteiger partial charge in [0.2, 0.25) is 0 Å². The summed E-state index contributed by atoms with van der Waals surface area (Å²) in [6.45, 7) is 3.85. The van der Waals surface area contributed by atoms with Crippen molar-refractivity contribution in [2.75, 3.05) is 46.4 Å². The van der Waals surface area contributed by atoms with E-state index >= 15 is 0 Å². The Morgan fingerprint density at radius 1 is 0.897 bits per heavy atom. The number of aryl methyl sites for hydroxylation is 3. The number of aliphatic imine (C=N–C) groups is 1. The van der Waals surface area contributed by atoms with E-state index < -0.39 is 6.61 Å². The van der Waals surface area contributed by atoms with Crippen molar-refractivity contribution in [1.82, 2.24) is 21.3 Å².